The summed E-state index contributed by atoms with van der Waals surface area (Å²) in [6.07, 6.45) is 0.819. The Morgan fingerprint density at radius 1 is 1.16 bits per heavy atom. The van der Waals surface area contributed by atoms with Crippen molar-refractivity contribution in [1.29, 1.82) is 0 Å². The van der Waals surface area contributed by atoms with E-state index in [1.807, 2.05) is 37.3 Å². The Balaban J connectivity index is 1.87. The molecule has 1 N–H and O–H groups in total. The van der Waals surface area contributed by atoms with Crippen LogP contribution in [0.5, 0.6) is 5.75 Å². The molecule has 0 heterocycles. The zero-order chi connectivity index (χ0) is 18.2. The number of hydrogen-bond acceptors (Lipinski definition) is 3. The van der Waals surface area contributed by atoms with Crippen LogP contribution in [0.4, 0.5) is 0 Å². The van der Waals surface area contributed by atoms with Crippen LogP contribution in [0, 0.1) is 0 Å². The first kappa shape index (κ1) is 20.0. The van der Waals surface area contributed by atoms with Crippen LogP contribution >= 0.6 is 35.0 Å². The summed E-state index contributed by atoms with van der Waals surface area (Å²) in [6, 6.07) is 13.2. The number of hydrogen-bond donors (Lipinski definition) is 1. The van der Waals surface area contributed by atoms with Gasteiger partial charge in [-0.05, 0) is 41.8 Å². The smallest absolute Gasteiger partial charge is 0.230 e. The number of ether oxygens (including phenoxy) is 1. The van der Waals surface area contributed by atoms with Gasteiger partial charge in [0.15, 0.2) is 0 Å². The lowest BCUT2D eigenvalue weighted by molar-refractivity contribution is -0.119. The standard InChI is InChI=1S/C19H21Cl2NO2S/c1-3-18(13-7-9-14(24-2)10-8-13)22-19(23)12-25-11-15-16(20)5-4-6-17(15)21/h4-10,18H,3,11-12H2,1-2H3,(H,22,23)/t18-/m0/s1. The highest BCUT2D eigenvalue weighted by atomic mass is 35.5. The number of halogens is 2. The summed E-state index contributed by atoms with van der Waals surface area (Å²) >= 11 is 13.8. The van der Waals surface area contributed by atoms with E-state index in [0.29, 0.717) is 21.6 Å². The molecule has 0 fully saturated rings. The largest absolute Gasteiger partial charge is 0.497 e. The number of thioether (sulfide) groups is 1. The van der Waals surface area contributed by atoms with Crippen molar-refractivity contribution in [3.05, 3.63) is 63.6 Å². The number of benzene rings is 2. The minimum atomic E-state index is -0.0112. The molecule has 1 amide bonds. The first-order valence-electron chi connectivity index (χ1n) is 7.99. The third-order valence-corrected chi connectivity index (χ3v) is 5.47. The van der Waals surface area contributed by atoms with Crippen LogP contribution in [0.3, 0.4) is 0 Å². The fourth-order valence-corrected chi connectivity index (χ4v) is 3.98. The molecule has 25 heavy (non-hydrogen) atoms. The maximum atomic E-state index is 12.2. The second kappa shape index (κ2) is 9.95. The minimum Gasteiger partial charge on any atom is -0.497 e. The Morgan fingerprint density at radius 3 is 2.36 bits per heavy atom. The van der Waals surface area contributed by atoms with E-state index in [4.69, 9.17) is 27.9 Å². The Labute approximate surface area is 163 Å². The second-order valence-corrected chi connectivity index (χ2v) is 7.29. The molecular weight excluding hydrogens is 377 g/mol. The zero-order valence-electron chi connectivity index (χ0n) is 14.2. The van der Waals surface area contributed by atoms with Gasteiger partial charge in [-0.2, -0.15) is 0 Å². The normalized spacial score (nSPS) is 11.8. The number of nitrogens with one attached hydrogen (secondary N) is 1. The van der Waals surface area contributed by atoms with Crippen LogP contribution in [-0.2, 0) is 10.5 Å². The summed E-state index contributed by atoms with van der Waals surface area (Å²) in [6.45, 7) is 2.05. The van der Waals surface area contributed by atoms with Crippen LogP contribution in [0.2, 0.25) is 10.0 Å². The number of amides is 1. The van der Waals surface area contributed by atoms with Crippen LogP contribution in [0.1, 0.15) is 30.5 Å². The quantitative estimate of drug-likeness (QED) is 0.638. The second-order valence-electron chi connectivity index (χ2n) is 5.49. The molecule has 0 saturated carbocycles. The molecule has 2 aromatic carbocycles. The van der Waals surface area contributed by atoms with Gasteiger partial charge >= 0.3 is 0 Å². The molecule has 0 spiro atoms. The zero-order valence-corrected chi connectivity index (χ0v) is 16.5. The average Bonchev–Trinajstić information content (AvgIpc) is 2.62. The van der Waals surface area contributed by atoms with E-state index in [-0.39, 0.29) is 11.9 Å². The fourth-order valence-electron chi connectivity index (χ4n) is 2.41. The third-order valence-electron chi connectivity index (χ3n) is 3.80. The first-order valence-corrected chi connectivity index (χ1v) is 9.90. The maximum absolute atomic E-state index is 12.2. The molecular formula is C19H21Cl2NO2S. The molecule has 3 nitrogen and oxygen atoms in total. The van der Waals surface area contributed by atoms with Gasteiger partial charge in [-0.15, -0.1) is 11.8 Å². The lowest BCUT2D eigenvalue weighted by Gasteiger charge is -2.18. The monoisotopic (exact) mass is 397 g/mol. The van der Waals surface area contributed by atoms with Gasteiger partial charge in [0.1, 0.15) is 5.75 Å². The molecule has 0 aromatic heterocycles. The van der Waals surface area contributed by atoms with E-state index in [1.54, 1.807) is 19.2 Å². The maximum Gasteiger partial charge on any atom is 0.230 e. The highest BCUT2D eigenvalue weighted by Crippen LogP contribution is 2.28. The molecule has 2 rings (SSSR count). The van der Waals surface area contributed by atoms with Crippen LogP contribution in [-0.4, -0.2) is 18.8 Å². The van der Waals surface area contributed by atoms with Crippen LogP contribution < -0.4 is 10.1 Å². The first-order chi connectivity index (χ1) is 12.0. The van der Waals surface area contributed by atoms with E-state index in [1.165, 1.54) is 11.8 Å². The van der Waals surface area contributed by atoms with Crippen molar-refractivity contribution < 1.29 is 9.53 Å². The summed E-state index contributed by atoms with van der Waals surface area (Å²) in [5, 5.41) is 4.33. The van der Waals surface area contributed by atoms with Crippen molar-refractivity contribution in [2.45, 2.75) is 25.1 Å². The predicted molar refractivity (Wildman–Crippen MR) is 107 cm³/mol. The van der Waals surface area contributed by atoms with Gasteiger partial charge in [0.2, 0.25) is 5.91 Å². The Hall–Kier alpha value is -1.36. The predicted octanol–water partition coefficient (Wildman–Crippen LogP) is 5.50. The molecule has 0 aliphatic heterocycles. The van der Waals surface area contributed by atoms with Crippen molar-refractivity contribution in [1.82, 2.24) is 5.32 Å². The minimum absolute atomic E-state index is 0.00385. The van der Waals surface area contributed by atoms with E-state index >= 15 is 0 Å². The lowest BCUT2D eigenvalue weighted by atomic mass is 10.0. The van der Waals surface area contributed by atoms with E-state index in [9.17, 15) is 4.79 Å². The third kappa shape index (κ3) is 5.84. The van der Waals surface area contributed by atoms with Gasteiger partial charge in [-0.3, -0.25) is 4.79 Å². The molecule has 0 unspecified atom stereocenters. The van der Waals surface area contributed by atoms with Crippen molar-refractivity contribution in [2.75, 3.05) is 12.9 Å². The summed E-state index contributed by atoms with van der Waals surface area (Å²) < 4.78 is 5.17. The number of carbonyl (C=O) groups is 1. The molecule has 0 bridgehead atoms. The fraction of sp³-hybridized carbons (Fsp3) is 0.316. The van der Waals surface area contributed by atoms with Crippen molar-refractivity contribution in [3.63, 3.8) is 0 Å². The molecule has 0 aliphatic carbocycles. The van der Waals surface area contributed by atoms with Gasteiger partial charge in [-0.25, -0.2) is 0 Å². The molecule has 0 aliphatic rings. The molecule has 2 aromatic rings. The summed E-state index contributed by atoms with van der Waals surface area (Å²) in [4.78, 5) is 12.2. The SMILES string of the molecule is CC[C@H](NC(=O)CSCc1c(Cl)cccc1Cl)c1ccc(OC)cc1. The Bertz CT molecular complexity index is 687. The van der Waals surface area contributed by atoms with Crippen molar-refractivity contribution in [2.24, 2.45) is 0 Å². The van der Waals surface area contributed by atoms with E-state index < -0.39 is 0 Å². The van der Waals surface area contributed by atoms with Crippen molar-refractivity contribution >= 4 is 40.9 Å². The number of carbonyl (C=O) groups excluding carboxylic acids is 1. The van der Waals surface area contributed by atoms with Gasteiger partial charge in [-0.1, -0.05) is 48.3 Å². The Kier molecular flexibility index (Phi) is 7.94. The molecule has 1 atom stereocenters. The summed E-state index contributed by atoms with van der Waals surface area (Å²) in [5.41, 5.74) is 1.93. The van der Waals surface area contributed by atoms with Gasteiger partial charge in [0.05, 0.1) is 18.9 Å². The topological polar surface area (TPSA) is 38.3 Å². The van der Waals surface area contributed by atoms with Gasteiger partial charge < -0.3 is 10.1 Å². The average molecular weight is 398 g/mol. The summed E-state index contributed by atoms with van der Waals surface area (Å²) in [7, 11) is 1.64. The van der Waals surface area contributed by atoms with Crippen LogP contribution in [0.15, 0.2) is 42.5 Å². The van der Waals surface area contributed by atoms with Crippen LogP contribution in [0.25, 0.3) is 0 Å². The van der Waals surface area contributed by atoms with E-state index in [0.717, 1.165) is 23.3 Å². The molecule has 0 saturated heterocycles. The molecule has 6 heteroatoms. The lowest BCUT2D eigenvalue weighted by Crippen LogP contribution is -2.29. The molecule has 134 valence electrons. The number of rotatable bonds is 8. The summed E-state index contributed by atoms with van der Waals surface area (Å²) in [5.74, 6) is 1.76. The van der Waals surface area contributed by atoms with E-state index in [2.05, 4.69) is 5.32 Å². The number of methoxy groups -OCH3 is 1. The van der Waals surface area contributed by atoms with Gasteiger partial charge in [0, 0.05) is 15.8 Å². The highest BCUT2D eigenvalue weighted by Gasteiger charge is 2.13. The molecule has 0 radical (unpaired) electrons. The Morgan fingerprint density at radius 2 is 1.80 bits per heavy atom. The highest BCUT2D eigenvalue weighted by molar-refractivity contribution is 7.99. The van der Waals surface area contributed by atoms with Crippen molar-refractivity contribution in [3.8, 4) is 5.75 Å². The van der Waals surface area contributed by atoms with Gasteiger partial charge in [0.25, 0.3) is 0 Å².